The molecule has 0 bridgehead atoms. The van der Waals surface area contributed by atoms with E-state index in [1.807, 2.05) is 0 Å². The van der Waals surface area contributed by atoms with Crippen molar-refractivity contribution in [2.45, 2.75) is 38.1 Å². The fraction of sp³-hybridized carbons (Fsp3) is 0.900. The number of hydrogen-bond acceptors (Lipinski definition) is 2. The van der Waals surface area contributed by atoms with Crippen LogP contribution in [0.5, 0.6) is 0 Å². The van der Waals surface area contributed by atoms with Crippen molar-refractivity contribution in [1.29, 1.82) is 0 Å². The molecule has 1 rings (SSSR count). The van der Waals surface area contributed by atoms with Gasteiger partial charge in [-0.25, -0.2) is 0 Å². The standard InChI is InChI=1S/C10H19NO/c1-11(2)10-5-3-4-9(8-12)6-7-10/h8-10H,3-7H2,1-2H3/t9-,10?/m0/s1. The predicted octanol–water partition coefficient (Wildman–Crippen LogP) is 1.70. The summed E-state index contributed by atoms with van der Waals surface area (Å²) in [5, 5.41) is 0. The highest BCUT2D eigenvalue weighted by molar-refractivity contribution is 5.53. The lowest BCUT2D eigenvalue weighted by atomic mass is 10.0. The van der Waals surface area contributed by atoms with Gasteiger partial charge in [-0.15, -0.1) is 0 Å². The molecule has 0 amide bonds. The van der Waals surface area contributed by atoms with E-state index in [9.17, 15) is 4.79 Å². The summed E-state index contributed by atoms with van der Waals surface area (Å²) in [4.78, 5) is 12.9. The first kappa shape index (κ1) is 9.72. The van der Waals surface area contributed by atoms with Crippen LogP contribution in [0.15, 0.2) is 0 Å². The fourth-order valence-electron chi connectivity index (χ4n) is 1.96. The Hall–Kier alpha value is -0.370. The first-order valence-electron chi connectivity index (χ1n) is 4.85. The lowest BCUT2D eigenvalue weighted by Crippen LogP contribution is -2.27. The molecule has 1 unspecified atom stereocenters. The number of aldehydes is 1. The minimum absolute atomic E-state index is 0.343. The Morgan fingerprint density at radius 2 is 1.92 bits per heavy atom. The van der Waals surface area contributed by atoms with Crippen LogP contribution in [-0.2, 0) is 4.79 Å². The molecule has 12 heavy (non-hydrogen) atoms. The second-order valence-electron chi connectivity index (χ2n) is 4.02. The molecule has 2 heteroatoms. The van der Waals surface area contributed by atoms with Crippen LogP contribution in [0.2, 0.25) is 0 Å². The molecule has 0 spiro atoms. The van der Waals surface area contributed by atoms with Crippen molar-refractivity contribution >= 4 is 6.29 Å². The summed E-state index contributed by atoms with van der Waals surface area (Å²) in [6.07, 6.45) is 7.00. The van der Waals surface area contributed by atoms with E-state index >= 15 is 0 Å². The van der Waals surface area contributed by atoms with Crippen LogP contribution in [0.4, 0.5) is 0 Å². The maximum atomic E-state index is 10.6. The van der Waals surface area contributed by atoms with Crippen molar-refractivity contribution in [3.8, 4) is 0 Å². The highest BCUT2D eigenvalue weighted by Crippen LogP contribution is 2.23. The Bertz CT molecular complexity index is 145. The summed E-state index contributed by atoms with van der Waals surface area (Å²) in [6, 6.07) is 0.704. The van der Waals surface area contributed by atoms with E-state index in [2.05, 4.69) is 19.0 Å². The van der Waals surface area contributed by atoms with Crippen molar-refractivity contribution in [3.05, 3.63) is 0 Å². The third-order valence-electron chi connectivity index (χ3n) is 2.91. The van der Waals surface area contributed by atoms with Gasteiger partial charge in [0.05, 0.1) is 0 Å². The smallest absolute Gasteiger partial charge is 0.123 e. The van der Waals surface area contributed by atoms with E-state index in [0.717, 1.165) is 19.1 Å². The zero-order valence-corrected chi connectivity index (χ0v) is 8.12. The Labute approximate surface area is 74.9 Å². The minimum Gasteiger partial charge on any atom is -0.306 e. The monoisotopic (exact) mass is 169 g/mol. The van der Waals surface area contributed by atoms with Crippen molar-refractivity contribution in [3.63, 3.8) is 0 Å². The van der Waals surface area contributed by atoms with Crippen LogP contribution in [0.25, 0.3) is 0 Å². The molecule has 0 aromatic heterocycles. The fourth-order valence-corrected chi connectivity index (χ4v) is 1.96. The number of hydrogen-bond donors (Lipinski definition) is 0. The molecule has 0 heterocycles. The summed E-state index contributed by atoms with van der Waals surface area (Å²) >= 11 is 0. The molecule has 0 radical (unpaired) electrons. The van der Waals surface area contributed by atoms with Gasteiger partial charge in [0.2, 0.25) is 0 Å². The van der Waals surface area contributed by atoms with Gasteiger partial charge in [0.1, 0.15) is 6.29 Å². The van der Waals surface area contributed by atoms with E-state index in [4.69, 9.17) is 0 Å². The lowest BCUT2D eigenvalue weighted by Gasteiger charge is -2.22. The second-order valence-corrected chi connectivity index (χ2v) is 4.02. The molecule has 1 fully saturated rings. The van der Waals surface area contributed by atoms with Crippen molar-refractivity contribution in [1.82, 2.24) is 4.90 Å². The van der Waals surface area contributed by atoms with Crippen molar-refractivity contribution in [2.75, 3.05) is 14.1 Å². The normalized spacial score (nSPS) is 31.6. The van der Waals surface area contributed by atoms with Gasteiger partial charge in [-0.3, -0.25) is 0 Å². The lowest BCUT2D eigenvalue weighted by molar-refractivity contribution is -0.111. The Morgan fingerprint density at radius 3 is 2.50 bits per heavy atom. The molecule has 2 atom stereocenters. The first-order valence-corrected chi connectivity index (χ1v) is 4.85. The average Bonchev–Trinajstić information content (AvgIpc) is 2.28. The van der Waals surface area contributed by atoms with Crippen LogP contribution >= 0.6 is 0 Å². The molecule has 0 aromatic rings. The van der Waals surface area contributed by atoms with Gasteiger partial charge < -0.3 is 9.69 Å². The summed E-state index contributed by atoms with van der Waals surface area (Å²) in [5.41, 5.74) is 0. The van der Waals surface area contributed by atoms with Gasteiger partial charge in [-0.05, 0) is 39.8 Å². The van der Waals surface area contributed by atoms with Crippen LogP contribution in [0.3, 0.4) is 0 Å². The van der Waals surface area contributed by atoms with Gasteiger partial charge in [-0.2, -0.15) is 0 Å². The van der Waals surface area contributed by atoms with E-state index < -0.39 is 0 Å². The molecule has 0 aromatic carbocycles. The molecule has 1 aliphatic carbocycles. The van der Waals surface area contributed by atoms with Crippen molar-refractivity contribution in [2.24, 2.45) is 5.92 Å². The van der Waals surface area contributed by atoms with Crippen LogP contribution < -0.4 is 0 Å². The van der Waals surface area contributed by atoms with Crippen molar-refractivity contribution < 1.29 is 4.79 Å². The van der Waals surface area contributed by atoms with E-state index in [0.29, 0.717) is 12.0 Å². The average molecular weight is 169 g/mol. The molecule has 1 aliphatic rings. The molecular formula is C10H19NO. The molecule has 2 nitrogen and oxygen atoms in total. The Kier molecular flexibility index (Phi) is 3.73. The summed E-state index contributed by atoms with van der Waals surface area (Å²) in [7, 11) is 4.26. The van der Waals surface area contributed by atoms with Gasteiger partial charge in [0, 0.05) is 12.0 Å². The first-order chi connectivity index (χ1) is 5.74. The van der Waals surface area contributed by atoms with E-state index in [1.165, 1.54) is 19.3 Å². The highest BCUT2D eigenvalue weighted by atomic mass is 16.1. The summed E-state index contributed by atoms with van der Waals surface area (Å²) in [5.74, 6) is 0.343. The topological polar surface area (TPSA) is 20.3 Å². The van der Waals surface area contributed by atoms with E-state index in [-0.39, 0.29) is 0 Å². The van der Waals surface area contributed by atoms with Crippen LogP contribution in [-0.4, -0.2) is 31.3 Å². The SMILES string of the molecule is CN(C)C1CCC[C@H](C=O)CC1. The van der Waals surface area contributed by atoms with Crippen LogP contribution in [0, 0.1) is 5.92 Å². The van der Waals surface area contributed by atoms with Gasteiger partial charge in [0.15, 0.2) is 0 Å². The Morgan fingerprint density at radius 1 is 1.17 bits per heavy atom. The Balaban J connectivity index is 2.38. The largest absolute Gasteiger partial charge is 0.306 e. The maximum Gasteiger partial charge on any atom is 0.123 e. The highest BCUT2D eigenvalue weighted by Gasteiger charge is 2.19. The number of carbonyl (C=O) groups is 1. The van der Waals surface area contributed by atoms with Gasteiger partial charge in [-0.1, -0.05) is 6.42 Å². The molecule has 0 N–H and O–H groups in total. The molecule has 0 saturated heterocycles. The number of rotatable bonds is 2. The number of nitrogens with zero attached hydrogens (tertiary/aromatic N) is 1. The minimum atomic E-state index is 0.343. The van der Waals surface area contributed by atoms with Gasteiger partial charge in [0.25, 0.3) is 0 Å². The van der Waals surface area contributed by atoms with Gasteiger partial charge >= 0.3 is 0 Å². The van der Waals surface area contributed by atoms with Crippen LogP contribution in [0.1, 0.15) is 32.1 Å². The molecule has 70 valence electrons. The zero-order chi connectivity index (χ0) is 8.97. The molecule has 1 saturated carbocycles. The summed E-state index contributed by atoms with van der Waals surface area (Å²) in [6.45, 7) is 0. The predicted molar refractivity (Wildman–Crippen MR) is 50.1 cm³/mol. The molecule has 0 aliphatic heterocycles. The number of carbonyl (C=O) groups excluding carboxylic acids is 1. The third-order valence-corrected chi connectivity index (χ3v) is 2.91. The zero-order valence-electron chi connectivity index (χ0n) is 8.12. The second kappa shape index (κ2) is 4.61. The quantitative estimate of drug-likeness (QED) is 0.463. The third kappa shape index (κ3) is 2.59. The molecular weight excluding hydrogens is 150 g/mol. The van der Waals surface area contributed by atoms with E-state index in [1.54, 1.807) is 0 Å². The summed E-state index contributed by atoms with van der Waals surface area (Å²) < 4.78 is 0. The maximum absolute atomic E-state index is 10.6.